The lowest BCUT2D eigenvalue weighted by molar-refractivity contribution is 0.0946. The minimum Gasteiger partial charge on any atom is -0.490 e. The summed E-state index contributed by atoms with van der Waals surface area (Å²) >= 11 is 0. The van der Waals surface area contributed by atoms with Crippen LogP contribution in [0.4, 0.5) is 0 Å². The van der Waals surface area contributed by atoms with Crippen molar-refractivity contribution in [3.05, 3.63) is 90.2 Å². The molecule has 3 aromatic rings. The van der Waals surface area contributed by atoms with E-state index in [1.165, 1.54) is 0 Å². The highest BCUT2D eigenvalue weighted by atomic mass is 16.5. The Hall–Kier alpha value is -3.38. The van der Waals surface area contributed by atoms with Gasteiger partial charge < -0.3 is 14.5 Å². The zero-order valence-corrected chi connectivity index (χ0v) is 17.4. The number of furan rings is 1. The molecule has 1 aliphatic rings. The monoisotopic (exact) mass is 417 g/mol. The second kappa shape index (κ2) is 10.6. The van der Waals surface area contributed by atoms with Gasteiger partial charge in [0.2, 0.25) is 0 Å². The molecule has 1 saturated heterocycles. The Kier molecular flexibility index (Phi) is 7.13. The summed E-state index contributed by atoms with van der Waals surface area (Å²) in [5, 5.41) is 2.93. The Morgan fingerprint density at radius 1 is 1.19 bits per heavy atom. The lowest BCUT2D eigenvalue weighted by Crippen LogP contribution is -2.38. The lowest BCUT2D eigenvalue weighted by Gasteiger charge is -2.31. The summed E-state index contributed by atoms with van der Waals surface area (Å²) in [7, 11) is 0. The fraction of sp³-hybridized carbons (Fsp3) is 0.280. The second-order valence-electron chi connectivity index (χ2n) is 7.61. The van der Waals surface area contributed by atoms with E-state index in [0.717, 1.165) is 49.5 Å². The van der Waals surface area contributed by atoms with Crippen LogP contribution in [0, 0.1) is 0 Å². The van der Waals surface area contributed by atoms with Gasteiger partial charge in [-0.3, -0.25) is 14.7 Å². The molecule has 0 radical (unpaired) electrons. The molecule has 1 aromatic carbocycles. The van der Waals surface area contributed by atoms with Gasteiger partial charge in [-0.25, -0.2) is 0 Å². The van der Waals surface area contributed by atoms with Crippen molar-refractivity contribution in [2.45, 2.75) is 25.5 Å². The minimum atomic E-state index is -0.118. The van der Waals surface area contributed by atoms with Gasteiger partial charge in [-0.1, -0.05) is 18.2 Å². The number of carbonyl (C=O) groups excluding carboxylic acids is 1. The highest BCUT2D eigenvalue weighted by Gasteiger charge is 2.20. The molecule has 0 aliphatic carbocycles. The van der Waals surface area contributed by atoms with Crippen LogP contribution in [0.2, 0.25) is 0 Å². The van der Waals surface area contributed by atoms with E-state index < -0.39 is 0 Å². The first-order valence-corrected chi connectivity index (χ1v) is 10.6. The first-order chi connectivity index (χ1) is 15.3. The predicted molar refractivity (Wildman–Crippen MR) is 120 cm³/mol. The fourth-order valence-electron chi connectivity index (χ4n) is 3.60. The molecular formula is C25H27N3O3. The third kappa shape index (κ3) is 6.30. The standard InChI is InChI=1S/C25H27N3O3/c29-25(27-19-20-5-2-12-26-18-20)21-6-1-7-24(17-21)31-23-10-14-28(15-11-23)13-3-8-22-9-4-16-30-22/h1-9,12,16-18,23H,10-11,13-15,19H2,(H,27,29)/b8-3+. The van der Waals surface area contributed by atoms with Crippen LogP contribution >= 0.6 is 0 Å². The summed E-state index contributed by atoms with van der Waals surface area (Å²) < 4.78 is 11.5. The maximum Gasteiger partial charge on any atom is 0.251 e. The summed E-state index contributed by atoms with van der Waals surface area (Å²) in [5.74, 6) is 1.50. The van der Waals surface area contributed by atoms with Gasteiger partial charge in [0.15, 0.2) is 0 Å². The molecule has 1 aliphatic heterocycles. The van der Waals surface area contributed by atoms with Crippen molar-refractivity contribution in [1.82, 2.24) is 15.2 Å². The van der Waals surface area contributed by atoms with E-state index in [0.29, 0.717) is 12.1 Å². The van der Waals surface area contributed by atoms with Gasteiger partial charge in [0, 0.05) is 44.1 Å². The number of pyridine rings is 1. The smallest absolute Gasteiger partial charge is 0.251 e. The number of hydrogen-bond donors (Lipinski definition) is 1. The van der Waals surface area contributed by atoms with Crippen molar-refractivity contribution in [2.75, 3.05) is 19.6 Å². The molecule has 0 saturated carbocycles. The molecule has 160 valence electrons. The normalized spacial score (nSPS) is 15.2. The Labute approximate surface area is 182 Å². The number of nitrogens with zero attached hydrogens (tertiary/aromatic N) is 2. The van der Waals surface area contributed by atoms with Crippen LogP contribution in [0.5, 0.6) is 5.75 Å². The SMILES string of the molecule is O=C(NCc1cccnc1)c1cccc(OC2CCN(C/C=C/c3ccco3)CC2)c1. The predicted octanol–water partition coefficient (Wildman–Crippen LogP) is 4.16. The quantitative estimate of drug-likeness (QED) is 0.596. The van der Waals surface area contributed by atoms with Crippen molar-refractivity contribution < 1.29 is 13.9 Å². The van der Waals surface area contributed by atoms with Crippen LogP contribution in [0.1, 0.15) is 34.5 Å². The number of benzene rings is 1. The van der Waals surface area contributed by atoms with Crippen LogP contribution in [0.3, 0.4) is 0 Å². The van der Waals surface area contributed by atoms with Gasteiger partial charge in [0.25, 0.3) is 5.91 Å². The Morgan fingerprint density at radius 3 is 2.87 bits per heavy atom. The first kappa shape index (κ1) is 20.9. The maximum absolute atomic E-state index is 12.5. The number of likely N-dealkylation sites (tertiary alicyclic amines) is 1. The maximum atomic E-state index is 12.5. The van der Waals surface area contributed by atoms with Gasteiger partial charge >= 0.3 is 0 Å². The molecule has 6 nitrogen and oxygen atoms in total. The molecule has 3 heterocycles. The van der Waals surface area contributed by atoms with Crippen LogP contribution in [0.25, 0.3) is 6.08 Å². The number of hydrogen-bond acceptors (Lipinski definition) is 5. The van der Waals surface area contributed by atoms with E-state index in [2.05, 4.69) is 21.3 Å². The molecule has 0 spiro atoms. The number of aromatic nitrogens is 1. The largest absolute Gasteiger partial charge is 0.490 e. The van der Waals surface area contributed by atoms with E-state index in [4.69, 9.17) is 9.15 Å². The molecule has 0 atom stereocenters. The van der Waals surface area contributed by atoms with Crippen LogP contribution < -0.4 is 10.1 Å². The number of piperidine rings is 1. The van der Waals surface area contributed by atoms with Gasteiger partial charge in [-0.05, 0) is 60.9 Å². The molecule has 31 heavy (non-hydrogen) atoms. The highest BCUT2D eigenvalue weighted by molar-refractivity contribution is 5.94. The lowest BCUT2D eigenvalue weighted by atomic mass is 10.1. The average molecular weight is 418 g/mol. The summed E-state index contributed by atoms with van der Waals surface area (Å²) in [6.07, 6.45) is 11.4. The third-order valence-electron chi connectivity index (χ3n) is 5.30. The summed E-state index contributed by atoms with van der Waals surface area (Å²) in [6.45, 7) is 3.32. The topological polar surface area (TPSA) is 67.6 Å². The molecule has 0 bridgehead atoms. The zero-order chi connectivity index (χ0) is 21.3. The third-order valence-corrected chi connectivity index (χ3v) is 5.30. The summed E-state index contributed by atoms with van der Waals surface area (Å²) in [5.41, 5.74) is 1.57. The molecule has 2 aromatic heterocycles. The van der Waals surface area contributed by atoms with Gasteiger partial charge in [0.1, 0.15) is 17.6 Å². The number of ether oxygens (including phenoxy) is 1. The Bertz CT molecular complexity index is 978. The number of rotatable bonds is 8. The summed E-state index contributed by atoms with van der Waals surface area (Å²) in [6, 6.07) is 15.0. The van der Waals surface area contributed by atoms with E-state index in [-0.39, 0.29) is 12.0 Å². The van der Waals surface area contributed by atoms with E-state index in [1.54, 1.807) is 24.7 Å². The molecule has 1 fully saturated rings. The number of nitrogens with one attached hydrogen (secondary N) is 1. The molecular weight excluding hydrogens is 390 g/mol. The van der Waals surface area contributed by atoms with E-state index >= 15 is 0 Å². The van der Waals surface area contributed by atoms with Crippen LogP contribution in [-0.4, -0.2) is 41.5 Å². The Balaban J connectivity index is 1.23. The molecule has 0 unspecified atom stereocenters. The fourth-order valence-corrected chi connectivity index (χ4v) is 3.60. The van der Waals surface area contributed by atoms with Crippen LogP contribution in [0.15, 0.2) is 77.7 Å². The second-order valence-corrected chi connectivity index (χ2v) is 7.61. The minimum absolute atomic E-state index is 0.118. The van der Waals surface area contributed by atoms with E-state index in [9.17, 15) is 4.79 Å². The number of amides is 1. The average Bonchev–Trinajstić information content (AvgIpc) is 3.33. The first-order valence-electron chi connectivity index (χ1n) is 10.6. The zero-order valence-electron chi connectivity index (χ0n) is 17.4. The van der Waals surface area contributed by atoms with Gasteiger partial charge in [0.05, 0.1) is 6.26 Å². The van der Waals surface area contributed by atoms with Crippen molar-refractivity contribution in [3.63, 3.8) is 0 Å². The molecule has 4 rings (SSSR count). The molecule has 1 N–H and O–H groups in total. The van der Waals surface area contributed by atoms with Crippen molar-refractivity contribution >= 4 is 12.0 Å². The number of carbonyl (C=O) groups is 1. The summed E-state index contributed by atoms with van der Waals surface area (Å²) in [4.78, 5) is 19.0. The van der Waals surface area contributed by atoms with Crippen molar-refractivity contribution in [3.8, 4) is 5.75 Å². The molecule has 6 heteroatoms. The van der Waals surface area contributed by atoms with Crippen molar-refractivity contribution in [1.29, 1.82) is 0 Å². The van der Waals surface area contributed by atoms with Gasteiger partial charge in [-0.15, -0.1) is 0 Å². The Morgan fingerprint density at radius 2 is 2.10 bits per heavy atom. The van der Waals surface area contributed by atoms with Gasteiger partial charge in [-0.2, -0.15) is 0 Å². The van der Waals surface area contributed by atoms with E-state index in [1.807, 2.05) is 48.5 Å². The van der Waals surface area contributed by atoms with Crippen molar-refractivity contribution in [2.24, 2.45) is 0 Å². The van der Waals surface area contributed by atoms with Crippen LogP contribution in [-0.2, 0) is 6.54 Å². The molecule has 1 amide bonds. The highest BCUT2D eigenvalue weighted by Crippen LogP contribution is 2.20.